The minimum Gasteiger partial charge on any atom is -0.330 e. The van der Waals surface area contributed by atoms with E-state index in [4.69, 9.17) is 42.7 Å². The zero-order chi connectivity index (χ0) is 120. The first-order valence-corrected chi connectivity index (χ1v) is 39.3. The van der Waals surface area contributed by atoms with Gasteiger partial charge < -0.3 is 42.5 Å². The molecule has 0 aromatic carbocycles. The van der Waals surface area contributed by atoms with Crippen molar-refractivity contribution in [3.8, 4) is 0 Å². The molecule has 0 spiro atoms. The molecule has 118 heavy (non-hydrogen) atoms. The van der Waals surface area contributed by atoms with E-state index in [-0.39, 0.29) is 76.5 Å². The van der Waals surface area contributed by atoms with Gasteiger partial charge in [-0.3, -0.25) is 53.3 Å². The van der Waals surface area contributed by atoms with E-state index in [0.717, 1.165) is 5.31 Å². The van der Waals surface area contributed by atoms with Crippen molar-refractivity contribution >= 4 is 59.1 Å². The van der Waals surface area contributed by atoms with E-state index in [1.165, 1.54) is 27.7 Å². The molecule has 19 nitrogen and oxygen atoms in total. The second-order valence-corrected chi connectivity index (χ2v) is 41.7. The molecule has 674 valence electrons. The van der Waals surface area contributed by atoms with Gasteiger partial charge in [0.1, 0.15) is 0 Å². The quantitative estimate of drug-likeness (QED) is 0.103. The lowest BCUT2D eigenvalue weighted by atomic mass is 9.63. The van der Waals surface area contributed by atoms with Crippen molar-refractivity contribution in [1.29, 1.82) is 0 Å². The zero-order valence-electron chi connectivity index (χ0n) is 109. The summed E-state index contributed by atoms with van der Waals surface area (Å²) in [4.78, 5) is 120. The first kappa shape index (κ1) is 67.4. The predicted octanol–water partition coefficient (Wildman–Crippen LogP) is 21.8. The zero-order valence-corrected chi connectivity index (χ0v) is 77.9. The van der Waals surface area contributed by atoms with Crippen molar-refractivity contribution < 1.29 is 90.7 Å². The lowest BCUT2D eigenvalue weighted by molar-refractivity contribution is -0.147. The number of imide groups is 1. The summed E-state index contributed by atoms with van der Waals surface area (Å²) in [5, 5.41) is 10.6. The van der Waals surface area contributed by atoms with Crippen LogP contribution in [-0.4, -0.2) is 59.1 Å². The van der Waals surface area contributed by atoms with Crippen LogP contribution in [0.1, 0.15) is 406 Å². The summed E-state index contributed by atoms with van der Waals surface area (Å²) in [5.74, 6) is -5.83. The molecule has 0 aromatic rings. The molecule has 9 aliphatic heterocycles. The number of piperidine rings is 9. The Bertz CT molecular complexity index is 5190. The van der Waals surface area contributed by atoms with Crippen LogP contribution in [0.2, 0.25) is 8.47 Å². The van der Waals surface area contributed by atoms with Crippen LogP contribution in [0.25, 0.3) is 0 Å². The van der Waals surface area contributed by atoms with Crippen LogP contribution in [0.4, 0.5) is 0 Å². The molecule has 9 aliphatic rings. The summed E-state index contributed by atoms with van der Waals surface area (Å²) in [7, 11) is 0. The van der Waals surface area contributed by atoms with Gasteiger partial charge in [0, 0.05) is 86.2 Å². The molecule has 9 rings (SSSR count). The molecule has 9 fully saturated rings. The standard InChI is InChI=1S/8C11H19NO.C10H17NO2.CH4/c8*1-8-6-7-11(5,9(13)12-8)10(2,3)4;1-9(2,3)10(4)6-5-7(12)11-8(10)13;/h8*1,6-7H2,2-5H3,(H,12,13);5-6H2,1-4H3,(H,11,12,13);1H4/i2*6D2,7D2;6D2,7D;2*6D,7D2;6D,7D;7D;6D2;5D2,6D;/hD6. The van der Waals surface area contributed by atoms with Gasteiger partial charge >= 0.3 is 0 Å². The van der Waals surface area contributed by atoms with Crippen LogP contribution in [0.5, 0.6) is 0 Å². The average Bonchev–Trinajstić information content (AvgIpc) is 0.686. The van der Waals surface area contributed by atoms with Crippen molar-refractivity contribution in [3.05, 3.63) is 98.2 Å². The van der Waals surface area contributed by atoms with E-state index in [2.05, 4.69) is 68.6 Å². The van der Waals surface area contributed by atoms with E-state index in [1.807, 2.05) is 104 Å². The number of nitrogens with one attached hydrogen (secondary N) is 9. The molecule has 10 amide bonds. The van der Waals surface area contributed by atoms with E-state index in [1.54, 1.807) is 118 Å². The predicted molar refractivity (Wildman–Crippen MR) is 489 cm³/mol. The SMILES string of the molecule is C.[2H]C1([2H])C(=C)NC(=O)C(C)(C(C)(C)C)C1([2H])[2H].[2H]C1C(=C)N([2H])C(=O)C(C)(C(C)(C)C)C1([2H])[2H].[2H]C1C(=C)N([2H])C(=O)C(C)(C(C)(C)C)C1[2H].[2H]C1C(=C)NC(=O)C(C)(C(C)(C)C)C1([2H])[2H].[2H]C1C([2H])([2H])C(=C)NC(=O)C1(C)C(C)(C)C.[2H]C1C([2H])([2H])C(=O)N([2H])C(=O)C1(C)C(C)(C)C.[2H]C1CC(=C)N([2H])C(=O)C1(C)C(C)(C)C.[2H]N1C(=C)C([2H])([2H])C([2H])([2H])C(C)(C(C)(C)C)C1=O.[2H]N1C(=C)C([2H])([2H])CC(C)(C(C)(C)C)C1=O. The Labute approximate surface area is 762 Å². The second-order valence-electron chi connectivity index (χ2n) is 41.7. The van der Waals surface area contributed by atoms with Crippen molar-refractivity contribution in [3.63, 3.8) is 0 Å². The van der Waals surface area contributed by atoms with Gasteiger partial charge in [-0.05, 0) is 157 Å². The minimum absolute atomic E-state index is 0. The third kappa shape index (κ3) is 26.7. The molecule has 9 saturated heterocycles. The summed E-state index contributed by atoms with van der Waals surface area (Å²) in [6, 6.07) is 0. The van der Waals surface area contributed by atoms with Crippen molar-refractivity contribution in [2.24, 2.45) is 97.5 Å². The number of rotatable bonds is 0. The second kappa shape index (κ2) is 39.3. The van der Waals surface area contributed by atoms with Gasteiger partial charge in [-0.15, -0.1) is 0 Å². The first-order valence-electron chi connectivity index (χ1n) is 55.0. The third-order valence-electron chi connectivity index (χ3n) is 25.2. The van der Waals surface area contributed by atoms with E-state index in [0.29, 0.717) is 33.4 Å². The van der Waals surface area contributed by atoms with Gasteiger partial charge in [0.25, 0.3) is 0 Å². The fraction of sp³-hybridized carbons (Fsp3) is 0.737. The van der Waals surface area contributed by atoms with Gasteiger partial charge in [0.15, 0.2) is 8.47 Å². The van der Waals surface area contributed by atoms with Gasteiger partial charge in [-0.1, -0.05) is 309 Å². The topological polar surface area (TPSA) is 279 Å². The number of hydrogen-bond donors (Lipinski definition) is 9. The molecular weight excluding hydrogens is 1480 g/mol. The summed E-state index contributed by atoms with van der Waals surface area (Å²) in [6.45, 7) is 90.7. The number of amides is 10. The van der Waals surface area contributed by atoms with Gasteiger partial charge in [-0.25, -0.2) is 0 Å². The Kier molecular flexibility index (Phi) is 22.5. The Hall–Kier alpha value is -7.18. The van der Waals surface area contributed by atoms with Crippen LogP contribution in [0, 0.1) is 97.5 Å². The lowest BCUT2D eigenvalue weighted by Gasteiger charge is -2.43. The Morgan fingerprint density at radius 2 is 0.483 bits per heavy atom. The van der Waals surface area contributed by atoms with Gasteiger partial charge in [-0.2, -0.15) is 0 Å². The number of carbonyl (C=O) groups is 10. The van der Waals surface area contributed by atoms with E-state index in [9.17, 15) is 47.9 Å². The van der Waals surface area contributed by atoms with Crippen LogP contribution in [0.15, 0.2) is 98.2 Å². The maximum absolute atomic E-state index is 12.3. The highest BCUT2D eigenvalue weighted by Gasteiger charge is 2.53. The van der Waals surface area contributed by atoms with Crippen LogP contribution in [-0.2, 0) is 47.9 Å². The minimum atomic E-state index is -2.52. The van der Waals surface area contributed by atoms with Gasteiger partial charge in [0.05, 0.1) is 48.7 Å². The van der Waals surface area contributed by atoms with Crippen molar-refractivity contribution in [2.45, 2.75) is 372 Å². The Morgan fingerprint density at radius 3 is 0.873 bits per heavy atom. The molecule has 16 unspecified atom stereocenters. The van der Waals surface area contributed by atoms with Crippen LogP contribution >= 0.6 is 0 Å². The maximum Gasteiger partial charge on any atom is 0.233 e. The molecule has 0 saturated carbocycles. The molecule has 0 aromatic heterocycles. The molecule has 19 heteroatoms. The summed E-state index contributed by atoms with van der Waals surface area (Å²) in [5.41, 5.74) is -16.4. The van der Waals surface area contributed by atoms with Gasteiger partial charge in [0.2, 0.25) is 59.1 Å². The Balaban J connectivity index is 0.00000165. The Morgan fingerprint density at radius 1 is 0.246 bits per heavy atom. The fourth-order valence-corrected chi connectivity index (χ4v) is 10.3. The summed E-state index contributed by atoms with van der Waals surface area (Å²) >= 11 is 0. The monoisotopic (exact) mass is 1680 g/mol. The lowest BCUT2D eigenvalue weighted by Crippen LogP contribution is -2.53. The van der Waals surface area contributed by atoms with Crippen molar-refractivity contribution in [1.82, 2.24) is 47.8 Å². The largest absolute Gasteiger partial charge is 0.330 e. The third-order valence-corrected chi connectivity index (χ3v) is 25.2. The molecule has 9 heterocycles. The highest BCUT2D eigenvalue weighted by Crippen LogP contribution is 2.52. The van der Waals surface area contributed by atoms with E-state index < -0.39 is 241 Å². The number of hydrogen-bond acceptors (Lipinski definition) is 10. The maximum atomic E-state index is 12.3. The fourth-order valence-electron chi connectivity index (χ4n) is 10.3. The average molecular weight is 1680 g/mol. The first-order chi connectivity index (χ1) is 64.3. The molecule has 0 radical (unpaired) electrons. The van der Waals surface area contributed by atoms with Crippen molar-refractivity contribution in [2.75, 3.05) is 0 Å². The highest BCUT2D eigenvalue weighted by molar-refractivity contribution is 6.01. The number of allylic oxidation sites excluding steroid dienone is 8. The molecular formula is C99H173N9O10. The molecule has 9 N–H and O–H groups in total. The van der Waals surface area contributed by atoms with E-state index >= 15 is 0 Å². The highest BCUT2D eigenvalue weighted by atomic mass is 16.2. The normalized spacial score (nSPS) is 42.4. The molecule has 16 atom stereocenters. The smallest absolute Gasteiger partial charge is 0.233 e. The van der Waals surface area contributed by atoms with Crippen LogP contribution < -0.4 is 47.8 Å². The number of carbonyl (C=O) groups excluding carboxylic acids is 10. The summed E-state index contributed by atoms with van der Waals surface area (Å²) in [6.07, 6.45) is -26.5. The summed E-state index contributed by atoms with van der Waals surface area (Å²) < 4.78 is 244. The molecule has 0 aliphatic carbocycles. The van der Waals surface area contributed by atoms with Crippen LogP contribution in [0.3, 0.4) is 0 Å². The molecule has 0 bridgehead atoms.